The molecule has 4 rings (SSSR count). The van der Waals surface area contributed by atoms with Crippen molar-refractivity contribution in [3.05, 3.63) is 76.8 Å². The number of hydrogen-bond acceptors (Lipinski definition) is 5. The average Bonchev–Trinajstić information content (AvgIpc) is 2.55. The Morgan fingerprint density at radius 2 is 1.09 bits per heavy atom. The summed E-state index contributed by atoms with van der Waals surface area (Å²) in [6.07, 6.45) is 0. The number of rotatable bonds is 0. The normalized spacial score (nSPS) is 11.4. The van der Waals surface area contributed by atoms with Crippen LogP contribution in [0.2, 0.25) is 0 Å². The van der Waals surface area contributed by atoms with E-state index < -0.39 is 21.7 Å². The van der Waals surface area contributed by atoms with Gasteiger partial charge in [0.15, 0.2) is 0 Å². The smallest absolute Gasteiger partial charge is 0.234 e. The molecule has 0 saturated carbocycles. The molecule has 22 heavy (non-hydrogen) atoms. The third-order valence-electron chi connectivity index (χ3n) is 3.97. The van der Waals surface area contributed by atoms with E-state index in [1.54, 1.807) is 0 Å². The molecule has 2 aromatic carbocycles. The van der Waals surface area contributed by atoms with Crippen molar-refractivity contribution in [1.82, 2.24) is 0 Å². The largest absolute Gasteiger partial charge is 0.285 e. The van der Waals surface area contributed by atoms with Gasteiger partial charge in [0, 0.05) is 32.7 Å². The highest BCUT2D eigenvalue weighted by molar-refractivity contribution is 6.11. The van der Waals surface area contributed by atoms with Crippen LogP contribution < -0.4 is 21.7 Å². The molecule has 0 bridgehead atoms. The van der Waals surface area contributed by atoms with Gasteiger partial charge in [-0.15, -0.1) is 0 Å². The van der Waals surface area contributed by atoms with E-state index in [2.05, 4.69) is 0 Å². The van der Waals surface area contributed by atoms with Crippen molar-refractivity contribution in [2.45, 2.75) is 0 Å². The highest BCUT2D eigenvalue weighted by Gasteiger charge is 2.24. The van der Waals surface area contributed by atoms with E-state index in [0.29, 0.717) is 11.1 Å². The SMILES string of the molecule is N#Cc1cc2c3c(c1)c(=O)c(=O)c1cccc(c1-3)c(=O)c2=O. The Morgan fingerprint density at radius 1 is 0.682 bits per heavy atom. The molecule has 0 amide bonds. The molecule has 0 aliphatic heterocycles. The third-order valence-corrected chi connectivity index (χ3v) is 3.97. The minimum Gasteiger partial charge on any atom is -0.285 e. The Hall–Kier alpha value is -3.39. The number of nitriles is 1. The molecule has 0 fully saturated rings. The molecule has 0 aromatic heterocycles. The standard InChI is InChI=1S/C17H5NO4/c18-6-7-4-10-13-11(5-7)17(22)15(20)9-3-1-2-8(12(9)13)14(19)16(10)21/h1-5H. The van der Waals surface area contributed by atoms with Gasteiger partial charge in [-0.3, -0.25) is 19.2 Å². The lowest BCUT2D eigenvalue weighted by Gasteiger charge is -2.13. The van der Waals surface area contributed by atoms with Crippen LogP contribution in [0.4, 0.5) is 0 Å². The molecule has 0 saturated heterocycles. The van der Waals surface area contributed by atoms with Crippen molar-refractivity contribution < 1.29 is 0 Å². The van der Waals surface area contributed by atoms with Gasteiger partial charge in [0.1, 0.15) is 0 Å². The zero-order valence-corrected chi connectivity index (χ0v) is 11.0. The van der Waals surface area contributed by atoms with Crippen molar-refractivity contribution >= 4 is 21.5 Å². The molecule has 0 unspecified atom stereocenters. The average molecular weight is 287 g/mol. The van der Waals surface area contributed by atoms with Crippen LogP contribution in [0.3, 0.4) is 0 Å². The maximum atomic E-state index is 12.3. The van der Waals surface area contributed by atoms with Gasteiger partial charge >= 0.3 is 0 Å². The zero-order chi connectivity index (χ0) is 15.6. The quantitative estimate of drug-likeness (QED) is 0.351. The van der Waals surface area contributed by atoms with Crippen molar-refractivity contribution in [2.24, 2.45) is 0 Å². The lowest BCUT2D eigenvalue weighted by atomic mass is 9.86. The van der Waals surface area contributed by atoms with Gasteiger partial charge < -0.3 is 0 Å². The summed E-state index contributed by atoms with van der Waals surface area (Å²) in [7, 11) is 0. The molecule has 102 valence electrons. The molecule has 0 N–H and O–H groups in total. The van der Waals surface area contributed by atoms with Crippen LogP contribution in [0.25, 0.3) is 32.7 Å². The summed E-state index contributed by atoms with van der Waals surface area (Å²) in [4.78, 5) is 49.0. The van der Waals surface area contributed by atoms with Gasteiger partial charge in [0.05, 0.1) is 11.6 Å². The molecule has 2 aromatic rings. The lowest BCUT2D eigenvalue weighted by molar-refractivity contribution is 1.47. The first-order valence-electron chi connectivity index (χ1n) is 6.44. The second kappa shape index (κ2) is 3.83. The van der Waals surface area contributed by atoms with Gasteiger partial charge in [0.25, 0.3) is 0 Å². The van der Waals surface area contributed by atoms with E-state index in [9.17, 15) is 19.2 Å². The predicted octanol–water partition coefficient (Wildman–Crippen LogP) is 0.724. The summed E-state index contributed by atoms with van der Waals surface area (Å²) in [5.74, 6) is 0. The second-order valence-corrected chi connectivity index (χ2v) is 5.10. The fourth-order valence-electron chi connectivity index (χ4n) is 3.02. The van der Waals surface area contributed by atoms with E-state index in [0.717, 1.165) is 0 Å². The Balaban J connectivity index is 2.60. The van der Waals surface area contributed by atoms with Gasteiger partial charge in [-0.1, -0.05) is 18.2 Å². The molecular formula is C17H5NO4. The molecule has 0 spiro atoms. The van der Waals surface area contributed by atoms with E-state index in [-0.39, 0.29) is 27.1 Å². The first-order valence-corrected chi connectivity index (χ1v) is 6.44. The summed E-state index contributed by atoms with van der Waals surface area (Å²) >= 11 is 0. The van der Waals surface area contributed by atoms with E-state index in [4.69, 9.17) is 5.26 Å². The first-order chi connectivity index (χ1) is 10.5. The Bertz CT molecular complexity index is 1220. The van der Waals surface area contributed by atoms with Crippen molar-refractivity contribution in [3.63, 3.8) is 0 Å². The summed E-state index contributed by atoms with van der Waals surface area (Å²) in [5.41, 5.74) is -2.30. The number of benzene rings is 4. The maximum Gasteiger partial charge on any atom is 0.234 e. The van der Waals surface area contributed by atoms with Crippen molar-refractivity contribution in [1.29, 1.82) is 5.26 Å². The molecule has 0 radical (unpaired) electrons. The van der Waals surface area contributed by atoms with Crippen LogP contribution >= 0.6 is 0 Å². The summed E-state index contributed by atoms with van der Waals surface area (Å²) in [6.45, 7) is 0. The van der Waals surface area contributed by atoms with Crippen LogP contribution in [0.15, 0.2) is 49.5 Å². The Kier molecular flexibility index (Phi) is 2.15. The molecule has 2 aliphatic rings. The molecular weight excluding hydrogens is 282 g/mol. The number of hydrogen-bond donors (Lipinski definition) is 0. The number of nitrogens with zero attached hydrogens (tertiary/aromatic N) is 1. The van der Waals surface area contributed by atoms with E-state index in [1.165, 1.54) is 30.3 Å². The fraction of sp³-hybridized carbons (Fsp3) is 0. The van der Waals surface area contributed by atoms with Crippen LogP contribution in [-0.2, 0) is 0 Å². The lowest BCUT2D eigenvalue weighted by Crippen LogP contribution is -2.31. The summed E-state index contributed by atoms with van der Waals surface area (Å²) in [5, 5.41) is 9.31. The monoisotopic (exact) mass is 287 g/mol. The van der Waals surface area contributed by atoms with Crippen molar-refractivity contribution in [2.75, 3.05) is 0 Å². The van der Waals surface area contributed by atoms with E-state index in [1.807, 2.05) is 6.07 Å². The van der Waals surface area contributed by atoms with Crippen LogP contribution in [0, 0.1) is 11.3 Å². The Morgan fingerprint density at radius 3 is 1.55 bits per heavy atom. The highest BCUT2D eigenvalue weighted by atomic mass is 16.2. The van der Waals surface area contributed by atoms with Crippen LogP contribution in [0.1, 0.15) is 5.56 Å². The molecule has 0 atom stereocenters. The van der Waals surface area contributed by atoms with Gasteiger partial charge in [-0.2, -0.15) is 5.26 Å². The first kappa shape index (κ1) is 12.4. The second-order valence-electron chi connectivity index (χ2n) is 5.10. The van der Waals surface area contributed by atoms with Crippen LogP contribution in [-0.4, -0.2) is 0 Å². The highest BCUT2D eigenvalue weighted by Crippen LogP contribution is 2.34. The minimum absolute atomic E-state index is 0.0137. The molecule has 5 nitrogen and oxygen atoms in total. The predicted molar refractivity (Wildman–Crippen MR) is 81.4 cm³/mol. The third kappa shape index (κ3) is 1.26. The van der Waals surface area contributed by atoms with Crippen LogP contribution in [0.5, 0.6) is 0 Å². The molecule has 2 aliphatic carbocycles. The topological polar surface area (TPSA) is 92.1 Å². The van der Waals surface area contributed by atoms with E-state index >= 15 is 0 Å². The Labute approximate surface area is 121 Å². The molecule has 0 heterocycles. The minimum atomic E-state index is -0.764. The maximum absolute atomic E-state index is 12.3. The summed E-state index contributed by atoms with van der Waals surface area (Å²) < 4.78 is 0. The van der Waals surface area contributed by atoms with Gasteiger partial charge in [0.2, 0.25) is 21.7 Å². The molecule has 5 heteroatoms. The van der Waals surface area contributed by atoms with Gasteiger partial charge in [-0.05, 0) is 12.1 Å². The summed E-state index contributed by atoms with van der Waals surface area (Å²) in [6, 6.07) is 8.83. The van der Waals surface area contributed by atoms with Crippen molar-refractivity contribution in [3.8, 4) is 17.2 Å². The zero-order valence-electron chi connectivity index (χ0n) is 11.0. The van der Waals surface area contributed by atoms with Gasteiger partial charge in [-0.25, -0.2) is 0 Å². The fourth-order valence-corrected chi connectivity index (χ4v) is 3.02.